The molecule has 1 aromatic rings. The molecule has 2 nitrogen and oxygen atoms in total. The maximum Gasteiger partial charge on any atom is 0.314 e. The van der Waals surface area contributed by atoms with Crippen molar-refractivity contribution in [2.45, 2.75) is 25.2 Å². The van der Waals surface area contributed by atoms with E-state index in [-0.39, 0.29) is 18.4 Å². The van der Waals surface area contributed by atoms with E-state index in [0.717, 1.165) is 6.07 Å². The number of aliphatic carboxylic acids is 1. The minimum absolute atomic E-state index is 0.138. The Balaban J connectivity index is 2.67. The van der Waals surface area contributed by atoms with E-state index in [4.69, 9.17) is 5.11 Å². The largest absolute Gasteiger partial charge is 0.481 e. The van der Waals surface area contributed by atoms with Gasteiger partial charge < -0.3 is 5.11 Å². The van der Waals surface area contributed by atoms with Crippen LogP contribution in [-0.2, 0) is 10.2 Å². The van der Waals surface area contributed by atoms with Crippen LogP contribution in [0.2, 0.25) is 0 Å². The van der Waals surface area contributed by atoms with E-state index in [0.29, 0.717) is 0 Å². The summed E-state index contributed by atoms with van der Waals surface area (Å²) in [6, 6.07) is 0.830. The quantitative estimate of drug-likeness (QED) is 0.792. The van der Waals surface area contributed by atoms with E-state index in [2.05, 4.69) is 0 Å². The Morgan fingerprint density at radius 3 is 2.31 bits per heavy atom. The molecule has 0 aromatic heterocycles. The lowest BCUT2D eigenvalue weighted by Gasteiger charge is -2.13. The predicted molar refractivity (Wildman–Crippen MR) is 49.6 cm³/mol. The Hall–Kier alpha value is -1.52. The Morgan fingerprint density at radius 1 is 1.31 bits per heavy atom. The second-order valence-electron chi connectivity index (χ2n) is 4.07. The van der Waals surface area contributed by atoms with Gasteiger partial charge in [-0.25, -0.2) is 13.2 Å². The fourth-order valence-corrected chi connectivity index (χ4v) is 1.85. The van der Waals surface area contributed by atoms with Crippen molar-refractivity contribution in [3.8, 4) is 0 Å². The summed E-state index contributed by atoms with van der Waals surface area (Å²) in [5.41, 5.74) is -2.38. The Labute approximate surface area is 89.7 Å². The lowest BCUT2D eigenvalue weighted by atomic mass is 9.93. The molecule has 86 valence electrons. The van der Waals surface area contributed by atoms with Crippen LogP contribution in [0.15, 0.2) is 6.07 Å². The smallest absolute Gasteiger partial charge is 0.314 e. The van der Waals surface area contributed by atoms with E-state index in [9.17, 15) is 18.0 Å². The minimum Gasteiger partial charge on any atom is -0.481 e. The summed E-state index contributed by atoms with van der Waals surface area (Å²) in [6.45, 7) is 1.23. The molecule has 1 aliphatic carbocycles. The van der Waals surface area contributed by atoms with Gasteiger partial charge in [0, 0.05) is 5.56 Å². The second kappa shape index (κ2) is 3.23. The molecule has 0 bridgehead atoms. The fourth-order valence-electron chi connectivity index (χ4n) is 1.85. The topological polar surface area (TPSA) is 37.3 Å². The van der Waals surface area contributed by atoms with Crippen LogP contribution >= 0.6 is 0 Å². The lowest BCUT2D eigenvalue weighted by Crippen LogP contribution is -2.23. The second-order valence-corrected chi connectivity index (χ2v) is 4.07. The molecule has 0 saturated heterocycles. The predicted octanol–water partition coefficient (Wildman–Crippen LogP) is 2.53. The first-order chi connectivity index (χ1) is 7.40. The van der Waals surface area contributed by atoms with Crippen molar-refractivity contribution in [2.75, 3.05) is 0 Å². The molecular formula is C11H9F3O2. The Morgan fingerprint density at radius 2 is 1.88 bits per heavy atom. The third-order valence-electron chi connectivity index (χ3n) is 2.98. The number of hydrogen-bond donors (Lipinski definition) is 1. The zero-order valence-electron chi connectivity index (χ0n) is 8.48. The maximum absolute atomic E-state index is 13.5. The van der Waals surface area contributed by atoms with Crippen molar-refractivity contribution in [1.82, 2.24) is 0 Å². The molecule has 1 fully saturated rings. The van der Waals surface area contributed by atoms with Gasteiger partial charge in [-0.15, -0.1) is 0 Å². The monoisotopic (exact) mass is 230 g/mol. The molecule has 1 N–H and O–H groups in total. The number of carbonyl (C=O) groups is 1. The number of halogens is 3. The van der Waals surface area contributed by atoms with Crippen molar-refractivity contribution in [3.05, 3.63) is 34.6 Å². The summed E-state index contributed by atoms with van der Waals surface area (Å²) in [6.07, 6.45) is 0.275. The van der Waals surface area contributed by atoms with E-state index < -0.39 is 34.4 Å². The highest BCUT2D eigenvalue weighted by molar-refractivity contribution is 5.85. The molecule has 1 aliphatic rings. The summed E-state index contributed by atoms with van der Waals surface area (Å²) in [7, 11) is 0. The molecule has 2 rings (SSSR count). The van der Waals surface area contributed by atoms with Crippen LogP contribution in [0.25, 0.3) is 0 Å². The van der Waals surface area contributed by atoms with Gasteiger partial charge in [-0.1, -0.05) is 0 Å². The molecule has 5 heteroatoms. The van der Waals surface area contributed by atoms with Crippen molar-refractivity contribution in [3.63, 3.8) is 0 Å². The van der Waals surface area contributed by atoms with Gasteiger partial charge in [0.15, 0.2) is 11.6 Å². The average Bonchev–Trinajstić information content (AvgIpc) is 2.96. The van der Waals surface area contributed by atoms with E-state index in [1.165, 1.54) is 6.92 Å². The Kier molecular flexibility index (Phi) is 2.22. The molecule has 0 heterocycles. The number of carboxylic acids is 1. The highest BCUT2D eigenvalue weighted by atomic mass is 19.2. The number of benzene rings is 1. The van der Waals surface area contributed by atoms with Gasteiger partial charge in [0.25, 0.3) is 0 Å². The third kappa shape index (κ3) is 1.31. The molecule has 0 atom stereocenters. The molecule has 0 radical (unpaired) electrons. The first kappa shape index (κ1) is 11.0. The molecular weight excluding hydrogens is 221 g/mol. The van der Waals surface area contributed by atoms with Gasteiger partial charge in [-0.2, -0.15) is 0 Å². The van der Waals surface area contributed by atoms with Crippen LogP contribution in [-0.4, -0.2) is 11.1 Å². The van der Waals surface area contributed by atoms with Crippen molar-refractivity contribution >= 4 is 5.97 Å². The van der Waals surface area contributed by atoms with Crippen LogP contribution in [0.5, 0.6) is 0 Å². The highest BCUT2D eigenvalue weighted by Gasteiger charge is 2.55. The minimum atomic E-state index is -1.57. The van der Waals surface area contributed by atoms with Crippen LogP contribution < -0.4 is 0 Å². The van der Waals surface area contributed by atoms with Crippen LogP contribution in [0.3, 0.4) is 0 Å². The van der Waals surface area contributed by atoms with Crippen molar-refractivity contribution in [2.24, 2.45) is 0 Å². The average molecular weight is 230 g/mol. The van der Waals surface area contributed by atoms with E-state index >= 15 is 0 Å². The zero-order valence-corrected chi connectivity index (χ0v) is 8.48. The van der Waals surface area contributed by atoms with Crippen LogP contribution in [0.1, 0.15) is 24.0 Å². The van der Waals surface area contributed by atoms with Crippen LogP contribution in [0.4, 0.5) is 13.2 Å². The van der Waals surface area contributed by atoms with Gasteiger partial charge in [0.2, 0.25) is 0 Å². The molecule has 1 saturated carbocycles. The number of aryl methyl sites for hydroxylation is 1. The summed E-state index contributed by atoms with van der Waals surface area (Å²) in [5, 5.41) is 8.91. The van der Waals surface area contributed by atoms with E-state index in [1.54, 1.807) is 0 Å². The van der Waals surface area contributed by atoms with Crippen molar-refractivity contribution < 1.29 is 23.1 Å². The Bertz CT molecular complexity index is 479. The summed E-state index contributed by atoms with van der Waals surface area (Å²) >= 11 is 0. The number of rotatable bonds is 2. The molecule has 1 aromatic carbocycles. The highest BCUT2D eigenvalue weighted by Crippen LogP contribution is 2.50. The summed E-state index contributed by atoms with van der Waals surface area (Å²) in [4.78, 5) is 10.9. The van der Waals surface area contributed by atoms with E-state index in [1.807, 2.05) is 0 Å². The maximum atomic E-state index is 13.5. The van der Waals surface area contributed by atoms with Gasteiger partial charge in [-0.05, 0) is 31.4 Å². The zero-order chi connectivity index (χ0) is 12.1. The van der Waals surface area contributed by atoms with Gasteiger partial charge in [0.05, 0.1) is 5.41 Å². The van der Waals surface area contributed by atoms with Gasteiger partial charge >= 0.3 is 5.97 Å². The number of hydrogen-bond acceptors (Lipinski definition) is 1. The van der Waals surface area contributed by atoms with Gasteiger partial charge in [-0.3, -0.25) is 4.79 Å². The molecule has 0 spiro atoms. The fraction of sp³-hybridized carbons (Fsp3) is 0.364. The first-order valence-corrected chi connectivity index (χ1v) is 4.78. The lowest BCUT2D eigenvalue weighted by molar-refractivity contribution is -0.140. The normalized spacial score (nSPS) is 17.2. The van der Waals surface area contributed by atoms with Gasteiger partial charge in [0.1, 0.15) is 5.82 Å². The first-order valence-electron chi connectivity index (χ1n) is 4.78. The van der Waals surface area contributed by atoms with Crippen LogP contribution in [0, 0.1) is 24.4 Å². The third-order valence-corrected chi connectivity index (χ3v) is 2.98. The summed E-state index contributed by atoms with van der Waals surface area (Å²) in [5.74, 6) is -4.86. The standard InChI is InChI=1S/C11H9F3O2/c1-5-4-6(12)7(9(14)8(5)13)11(2-3-11)10(15)16/h4H,2-3H2,1H3,(H,15,16). The summed E-state index contributed by atoms with van der Waals surface area (Å²) < 4.78 is 40.3. The number of carboxylic acid groups (broad SMARTS) is 1. The van der Waals surface area contributed by atoms with Crippen molar-refractivity contribution in [1.29, 1.82) is 0 Å². The molecule has 0 unspecified atom stereocenters. The molecule has 16 heavy (non-hydrogen) atoms. The molecule has 0 aliphatic heterocycles. The molecule has 0 amide bonds. The SMILES string of the molecule is Cc1cc(F)c(C2(C(=O)O)CC2)c(F)c1F.